The van der Waals surface area contributed by atoms with Gasteiger partial charge in [0.25, 0.3) is 0 Å². The van der Waals surface area contributed by atoms with Crippen molar-refractivity contribution in [3.05, 3.63) is 170 Å². The molecule has 0 aliphatic heterocycles. The second-order valence-electron chi connectivity index (χ2n) is 14.8. The van der Waals surface area contributed by atoms with Crippen LogP contribution < -0.4 is 0 Å². The molecule has 1 aliphatic carbocycles. The second-order valence-corrected chi connectivity index (χ2v) is 15.9. The van der Waals surface area contributed by atoms with Crippen molar-refractivity contribution < 1.29 is 4.42 Å². The van der Waals surface area contributed by atoms with E-state index >= 15 is 0 Å². The van der Waals surface area contributed by atoms with Crippen molar-refractivity contribution in [2.45, 2.75) is 0 Å². The monoisotopic (exact) mass is 700 g/mol. The molecule has 0 N–H and O–H groups in total. The lowest BCUT2D eigenvalue weighted by atomic mass is 9.91. The van der Waals surface area contributed by atoms with Crippen LogP contribution in [0.2, 0.25) is 0 Å². The van der Waals surface area contributed by atoms with Crippen molar-refractivity contribution in [2.24, 2.45) is 0 Å². The molecule has 54 heavy (non-hydrogen) atoms. The van der Waals surface area contributed by atoms with Crippen molar-refractivity contribution >= 4 is 96.5 Å². The molecular weight excluding hydrogens is 673 g/mol. The Morgan fingerprint density at radius 1 is 0.296 bits per heavy atom. The number of para-hydroxylation sites is 1. The molecule has 12 aromatic rings. The summed E-state index contributed by atoms with van der Waals surface area (Å²) in [4.78, 5) is 0. The molecule has 2 aromatic heterocycles. The summed E-state index contributed by atoms with van der Waals surface area (Å²) in [7, 11) is 0. The highest BCUT2D eigenvalue weighted by Gasteiger charge is 2.22. The summed E-state index contributed by atoms with van der Waals surface area (Å²) in [6.45, 7) is 0. The fraction of sp³-hybridized carbons (Fsp3) is 0. The van der Waals surface area contributed by atoms with E-state index in [2.05, 4.69) is 164 Å². The summed E-state index contributed by atoms with van der Waals surface area (Å²) < 4.78 is 8.96. The van der Waals surface area contributed by atoms with E-state index in [0.717, 1.165) is 21.9 Å². The third-order valence-electron chi connectivity index (χ3n) is 12.0. The Morgan fingerprint density at radius 2 is 0.852 bits per heavy atom. The Morgan fingerprint density at radius 3 is 1.59 bits per heavy atom. The molecule has 0 radical (unpaired) electrons. The molecule has 2 heterocycles. The van der Waals surface area contributed by atoms with Crippen LogP contribution in [0.25, 0.3) is 130 Å². The first-order valence-electron chi connectivity index (χ1n) is 18.6. The van der Waals surface area contributed by atoms with Crippen LogP contribution in [0.3, 0.4) is 0 Å². The van der Waals surface area contributed by atoms with Crippen molar-refractivity contribution in [3.8, 4) is 44.5 Å². The minimum Gasteiger partial charge on any atom is -0.456 e. The summed E-state index contributed by atoms with van der Waals surface area (Å²) in [5.74, 6) is 0. The van der Waals surface area contributed by atoms with E-state index in [1.807, 2.05) is 17.4 Å². The highest BCUT2D eigenvalue weighted by Crippen LogP contribution is 2.49. The van der Waals surface area contributed by atoms with E-state index in [1.165, 1.54) is 108 Å². The number of fused-ring (bicyclic) bond motifs is 15. The standard InChI is InChI=1S/C52H28OS/c1-2-10-35-34(9-1)41-23-30(16-20-37(41)43-27-45-38-11-3-4-14-48(38)53-49(45)28-44(35)43)32-17-21-50-46(25-32)47-26-33(18-22-51(47)54-50)31-15-19-36-39-12-5-7-29-8-6-13-40(52(29)39)42(36)24-31/h1-28H. The SMILES string of the molecule is c1cc2c3c(cccc3c1)-c1cc(-c3ccc4sc5ccc(-c6ccc7c(c6)c6ccccc6c6cc8oc9ccccc9c8cc76)cc5c4c3)ccc1-2. The molecule has 0 saturated carbocycles. The molecule has 10 aromatic carbocycles. The summed E-state index contributed by atoms with van der Waals surface area (Å²) >= 11 is 1.88. The van der Waals surface area contributed by atoms with Gasteiger partial charge in [-0.3, -0.25) is 0 Å². The van der Waals surface area contributed by atoms with Crippen LogP contribution in [0.5, 0.6) is 0 Å². The molecule has 0 bridgehead atoms. The van der Waals surface area contributed by atoms with Crippen LogP contribution in [0, 0.1) is 0 Å². The average Bonchev–Trinajstić information content (AvgIpc) is 3.89. The lowest BCUT2D eigenvalue weighted by molar-refractivity contribution is 0.669. The van der Waals surface area contributed by atoms with Gasteiger partial charge in [0.1, 0.15) is 11.2 Å². The highest BCUT2D eigenvalue weighted by molar-refractivity contribution is 7.25. The maximum absolute atomic E-state index is 6.33. The van der Waals surface area contributed by atoms with Gasteiger partial charge in [0.05, 0.1) is 0 Å². The van der Waals surface area contributed by atoms with Crippen LogP contribution in [-0.4, -0.2) is 0 Å². The van der Waals surface area contributed by atoms with E-state index in [9.17, 15) is 0 Å². The minimum atomic E-state index is 0.929. The van der Waals surface area contributed by atoms with E-state index in [1.54, 1.807) is 0 Å². The van der Waals surface area contributed by atoms with E-state index in [-0.39, 0.29) is 0 Å². The molecular formula is C52H28OS. The predicted molar refractivity (Wildman–Crippen MR) is 232 cm³/mol. The number of rotatable bonds is 2. The average molecular weight is 701 g/mol. The Labute approximate surface area is 313 Å². The normalized spacial score (nSPS) is 12.4. The molecule has 0 fully saturated rings. The van der Waals surface area contributed by atoms with Gasteiger partial charge >= 0.3 is 0 Å². The van der Waals surface area contributed by atoms with E-state index < -0.39 is 0 Å². The quantitative estimate of drug-likeness (QED) is 0.164. The summed E-state index contributed by atoms with van der Waals surface area (Å²) in [5.41, 5.74) is 12.2. The molecule has 2 heteroatoms. The van der Waals surface area contributed by atoms with Crippen LogP contribution in [0.15, 0.2) is 174 Å². The lowest BCUT2D eigenvalue weighted by Gasteiger charge is -2.12. The van der Waals surface area contributed by atoms with Gasteiger partial charge in [0, 0.05) is 30.9 Å². The van der Waals surface area contributed by atoms with Gasteiger partial charge in [0.2, 0.25) is 0 Å². The molecule has 1 nitrogen and oxygen atoms in total. The second kappa shape index (κ2) is 10.4. The Kier molecular flexibility index (Phi) is 5.57. The molecule has 13 rings (SSSR count). The smallest absolute Gasteiger partial charge is 0.136 e. The summed E-state index contributed by atoms with van der Waals surface area (Å²) in [6.07, 6.45) is 0. The van der Waals surface area contributed by atoms with Gasteiger partial charge in [-0.25, -0.2) is 0 Å². The maximum atomic E-state index is 6.33. The third-order valence-corrected chi connectivity index (χ3v) is 13.1. The van der Waals surface area contributed by atoms with Gasteiger partial charge in [-0.1, -0.05) is 115 Å². The first kappa shape index (κ1) is 28.8. The predicted octanol–water partition coefficient (Wildman–Crippen LogP) is 15.5. The van der Waals surface area contributed by atoms with Crippen LogP contribution in [0.4, 0.5) is 0 Å². The van der Waals surface area contributed by atoms with E-state index in [4.69, 9.17) is 4.42 Å². The molecule has 0 spiro atoms. The van der Waals surface area contributed by atoms with E-state index in [0.29, 0.717) is 0 Å². The van der Waals surface area contributed by atoms with Gasteiger partial charge in [-0.2, -0.15) is 0 Å². The molecule has 0 atom stereocenters. The van der Waals surface area contributed by atoms with Gasteiger partial charge < -0.3 is 4.42 Å². The fourth-order valence-electron chi connectivity index (χ4n) is 9.46. The van der Waals surface area contributed by atoms with Crippen molar-refractivity contribution in [1.82, 2.24) is 0 Å². The molecule has 248 valence electrons. The number of furan rings is 1. The van der Waals surface area contributed by atoms with Crippen LogP contribution in [-0.2, 0) is 0 Å². The van der Waals surface area contributed by atoms with Gasteiger partial charge in [-0.15, -0.1) is 11.3 Å². The fourth-order valence-corrected chi connectivity index (χ4v) is 10.5. The number of benzene rings is 10. The molecule has 0 saturated heterocycles. The zero-order valence-corrected chi connectivity index (χ0v) is 29.8. The zero-order chi connectivity index (χ0) is 35.1. The number of thiophene rings is 1. The number of hydrogen-bond donors (Lipinski definition) is 0. The Hall–Kier alpha value is -6.74. The van der Waals surface area contributed by atoms with Crippen molar-refractivity contribution in [2.75, 3.05) is 0 Å². The third kappa shape index (κ3) is 3.88. The summed E-state index contributed by atoms with van der Waals surface area (Å²) in [5, 5.41) is 15.2. The molecule has 0 unspecified atom stereocenters. The molecule has 0 amide bonds. The van der Waals surface area contributed by atoms with Crippen molar-refractivity contribution in [3.63, 3.8) is 0 Å². The Balaban J connectivity index is 0.966. The highest BCUT2D eigenvalue weighted by atomic mass is 32.1. The van der Waals surface area contributed by atoms with Gasteiger partial charge in [0.15, 0.2) is 0 Å². The van der Waals surface area contributed by atoms with Crippen LogP contribution in [0.1, 0.15) is 0 Å². The lowest BCUT2D eigenvalue weighted by Crippen LogP contribution is -1.85. The summed E-state index contributed by atoms with van der Waals surface area (Å²) in [6, 6.07) is 63.2. The first-order valence-corrected chi connectivity index (χ1v) is 19.4. The van der Waals surface area contributed by atoms with Crippen LogP contribution >= 0.6 is 11.3 Å². The Bertz CT molecular complexity index is 3610. The number of hydrogen-bond acceptors (Lipinski definition) is 2. The molecule has 1 aliphatic rings. The van der Waals surface area contributed by atoms with Gasteiger partial charge in [-0.05, 0) is 142 Å². The largest absolute Gasteiger partial charge is 0.456 e. The van der Waals surface area contributed by atoms with Crippen molar-refractivity contribution in [1.29, 1.82) is 0 Å². The topological polar surface area (TPSA) is 13.1 Å². The maximum Gasteiger partial charge on any atom is 0.136 e. The first-order chi connectivity index (χ1) is 26.7. The minimum absolute atomic E-state index is 0.929. The zero-order valence-electron chi connectivity index (χ0n) is 29.0.